The molecule has 0 saturated heterocycles. The van der Waals surface area contributed by atoms with Crippen LogP contribution in [0.1, 0.15) is 12.5 Å². The molecule has 8 heteroatoms. The Balaban J connectivity index is 1.69. The van der Waals surface area contributed by atoms with Crippen LogP contribution in [-0.2, 0) is 11.3 Å². The van der Waals surface area contributed by atoms with Crippen molar-refractivity contribution in [2.45, 2.75) is 23.9 Å². The highest BCUT2D eigenvalue weighted by Gasteiger charge is 2.22. The van der Waals surface area contributed by atoms with Crippen LogP contribution < -0.4 is 5.84 Å². The topological polar surface area (TPSA) is 77.0 Å². The zero-order valence-corrected chi connectivity index (χ0v) is 15.9. The van der Waals surface area contributed by atoms with Crippen molar-refractivity contribution in [2.24, 2.45) is 0 Å². The first-order valence-corrected chi connectivity index (χ1v) is 9.25. The summed E-state index contributed by atoms with van der Waals surface area (Å²) in [5.41, 5.74) is 1.58. The van der Waals surface area contributed by atoms with Crippen molar-refractivity contribution in [1.82, 2.24) is 19.8 Å². The molecule has 1 amide bonds. The van der Waals surface area contributed by atoms with E-state index in [1.165, 1.54) is 28.6 Å². The lowest BCUT2D eigenvalue weighted by Crippen LogP contribution is -2.33. The number of thioether (sulfide) groups is 1. The maximum atomic E-state index is 13.4. The van der Waals surface area contributed by atoms with Gasteiger partial charge in [0.15, 0.2) is 5.82 Å². The van der Waals surface area contributed by atoms with Gasteiger partial charge in [-0.1, -0.05) is 54.2 Å². The van der Waals surface area contributed by atoms with Crippen LogP contribution in [0.3, 0.4) is 0 Å². The Labute approximate surface area is 161 Å². The van der Waals surface area contributed by atoms with E-state index in [2.05, 4.69) is 10.2 Å². The molecule has 2 aromatic carbocycles. The van der Waals surface area contributed by atoms with Crippen LogP contribution in [-0.4, -0.2) is 38.0 Å². The second-order valence-corrected chi connectivity index (χ2v) is 7.43. The summed E-state index contributed by atoms with van der Waals surface area (Å²) in [6, 6.07) is 15.7. The molecule has 3 rings (SSSR count). The van der Waals surface area contributed by atoms with Gasteiger partial charge in [-0.05, 0) is 24.6 Å². The number of hydrogen-bond acceptors (Lipinski definition) is 5. The normalized spacial score (nSPS) is 12.0. The van der Waals surface area contributed by atoms with E-state index < -0.39 is 5.25 Å². The van der Waals surface area contributed by atoms with E-state index in [-0.39, 0.29) is 11.7 Å². The molecule has 0 bridgehead atoms. The van der Waals surface area contributed by atoms with Gasteiger partial charge in [-0.15, -0.1) is 10.2 Å². The van der Waals surface area contributed by atoms with Crippen molar-refractivity contribution in [1.29, 1.82) is 0 Å². The Morgan fingerprint density at radius 2 is 1.96 bits per heavy atom. The fourth-order valence-electron chi connectivity index (χ4n) is 2.64. The van der Waals surface area contributed by atoms with Gasteiger partial charge in [0, 0.05) is 19.2 Å². The van der Waals surface area contributed by atoms with Gasteiger partial charge in [-0.2, -0.15) is 0 Å². The highest BCUT2D eigenvalue weighted by molar-refractivity contribution is 8.00. The predicted octanol–water partition coefficient (Wildman–Crippen LogP) is 2.94. The van der Waals surface area contributed by atoms with E-state index in [0.29, 0.717) is 23.1 Å². The Morgan fingerprint density at radius 3 is 2.67 bits per heavy atom. The average molecular weight is 385 g/mol. The minimum Gasteiger partial charge on any atom is -0.340 e. The molecule has 2 N–H and O–H groups in total. The highest BCUT2D eigenvalue weighted by Crippen LogP contribution is 2.26. The number of amides is 1. The SMILES string of the molecule is C[C@H](Sc1nnc(-c2cccc(F)c2)n1N)C(=O)N(C)Cc1ccccc1. The zero-order chi connectivity index (χ0) is 19.4. The minimum atomic E-state index is -0.398. The lowest BCUT2D eigenvalue weighted by Gasteiger charge is -2.21. The number of nitrogen functional groups attached to an aromatic ring is 1. The third kappa shape index (κ3) is 4.46. The molecule has 27 heavy (non-hydrogen) atoms. The van der Waals surface area contributed by atoms with Crippen LogP contribution in [0.5, 0.6) is 0 Å². The van der Waals surface area contributed by atoms with E-state index in [1.54, 1.807) is 31.0 Å². The maximum absolute atomic E-state index is 13.4. The summed E-state index contributed by atoms with van der Waals surface area (Å²) in [6.07, 6.45) is 0. The summed E-state index contributed by atoms with van der Waals surface area (Å²) in [4.78, 5) is 14.3. The van der Waals surface area contributed by atoms with Crippen molar-refractivity contribution in [3.05, 3.63) is 66.0 Å². The van der Waals surface area contributed by atoms with Crippen LogP contribution in [0, 0.1) is 5.82 Å². The average Bonchev–Trinajstić information content (AvgIpc) is 3.02. The molecule has 0 unspecified atom stereocenters. The number of aromatic nitrogens is 3. The quantitative estimate of drug-likeness (QED) is 0.521. The molecule has 0 spiro atoms. The van der Waals surface area contributed by atoms with Crippen molar-refractivity contribution in [3.63, 3.8) is 0 Å². The third-order valence-electron chi connectivity index (χ3n) is 4.02. The molecule has 0 fully saturated rings. The zero-order valence-electron chi connectivity index (χ0n) is 15.0. The summed E-state index contributed by atoms with van der Waals surface area (Å²) in [6.45, 7) is 2.32. The van der Waals surface area contributed by atoms with Gasteiger partial charge in [0.05, 0.1) is 5.25 Å². The van der Waals surface area contributed by atoms with Gasteiger partial charge in [-0.3, -0.25) is 4.79 Å². The Morgan fingerprint density at radius 1 is 1.22 bits per heavy atom. The highest BCUT2D eigenvalue weighted by atomic mass is 32.2. The van der Waals surface area contributed by atoms with Crippen LogP contribution in [0.4, 0.5) is 4.39 Å². The number of nitrogens with zero attached hydrogens (tertiary/aromatic N) is 4. The summed E-state index contributed by atoms with van der Waals surface area (Å²) < 4.78 is 14.7. The van der Waals surface area contributed by atoms with Crippen molar-refractivity contribution in [3.8, 4) is 11.4 Å². The number of nitrogens with two attached hydrogens (primary N) is 1. The molecular weight excluding hydrogens is 365 g/mol. The van der Waals surface area contributed by atoms with Gasteiger partial charge in [0.2, 0.25) is 11.1 Å². The second-order valence-electron chi connectivity index (χ2n) is 6.13. The largest absolute Gasteiger partial charge is 0.340 e. The molecule has 1 atom stereocenters. The van der Waals surface area contributed by atoms with E-state index in [9.17, 15) is 9.18 Å². The summed E-state index contributed by atoms with van der Waals surface area (Å²) in [7, 11) is 1.76. The molecule has 0 saturated carbocycles. The Hall–Kier alpha value is -2.87. The third-order valence-corrected chi connectivity index (χ3v) is 5.06. The predicted molar refractivity (Wildman–Crippen MR) is 104 cm³/mol. The number of carbonyl (C=O) groups is 1. The van der Waals surface area contributed by atoms with Gasteiger partial charge < -0.3 is 10.7 Å². The number of carbonyl (C=O) groups excluding carboxylic acids is 1. The van der Waals surface area contributed by atoms with E-state index in [4.69, 9.17) is 5.84 Å². The summed E-state index contributed by atoms with van der Waals surface area (Å²) in [5, 5.41) is 8.07. The van der Waals surface area contributed by atoms with E-state index in [1.807, 2.05) is 30.3 Å². The first kappa shape index (κ1) is 18.9. The number of hydrogen-bond donors (Lipinski definition) is 1. The minimum absolute atomic E-state index is 0.0424. The number of rotatable bonds is 6. The lowest BCUT2D eigenvalue weighted by molar-refractivity contribution is -0.129. The van der Waals surface area contributed by atoms with Crippen molar-refractivity contribution >= 4 is 17.7 Å². The molecule has 0 radical (unpaired) electrons. The van der Waals surface area contributed by atoms with Crippen LogP contribution in [0.25, 0.3) is 11.4 Å². The fourth-order valence-corrected chi connectivity index (χ4v) is 3.52. The molecule has 0 aliphatic rings. The molecule has 6 nitrogen and oxygen atoms in total. The van der Waals surface area contributed by atoms with Crippen molar-refractivity contribution in [2.75, 3.05) is 12.9 Å². The Kier molecular flexibility index (Phi) is 5.75. The van der Waals surface area contributed by atoms with Crippen LogP contribution in [0.15, 0.2) is 59.8 Å². The maximum Gasteiger partial charge on any atom is 0.235 e. The molecule has 140 valence electrons. The Bertz CT molecular complexity index is 931. The van der Waals surface area contributed by atoms with Crippen molar-refractivity contribution < 1.29 is 9.18 Å². The first-order valence-electron chi connectivity index (χ1n) is 8.37. The van der Waals surface area contributed by atoms with E-state index >= 15 is 0 Å². The fraction of sp³-hybridized carbons (Fsp3) is 0.211. The van der Waals surface area contributed by atoms with Gasteiger partial charge in [0.25, 0.3) is 0 Å². The van der Waals surface area contributed by atoms with Gasteiger partial charge >= 0.3 is 0 Å². The van der Waals surface area contributed by atoms with Gasteiger partial charge in [-0.25, -0.2) is 9.07 Å². The standard InChI is InChI=1S/C19H20FN5OS/c1-13(18(26)24(2)12-14-7-4-3-5-8-14)27-19-23-22-17(25(19)21)15-9-6-10-16(20)11-15/h3-11,13H,12,21H2,1-2H3/t13-/m0/s1. The molecule has 0 aliphatic heterocycles. The van der Waals surface area contributed by atoms with Crippen LogP contribution >= 0.6 is 11.8 Å². The number of halogens is 1. The smallest absolute Gasteiger partial charge is 0.235 e. The lowest BCUT2D eigenvalue weighted by atomic mass is 10.2. The second kappa shape index (κ2) is 8.22. The monoisotopic (exact) mass is 385 g/mol. The number of benzene rings is 2. The van der Waals surface area contributed by atoms with Crippen LogP contribution in [0.2, 0.25) is 0 Å². The molecule has 3 aromatic rings. The molecule has 0 aliphatic carbocycles. The van der Waals surface area contributed by atoms with Gasteiger partial charge in [0.1, 0.15) is 5.82 Å². The summed E-state index contributed by atoms with van der Waals surface area (Å²) >= 11 is 1.22. The molecular formula is C19H20FN5OS. The summed E-state index contributed by atoms with van der Waals surface area (Å²) in [5.74, 6) is 5.98. The molecule has 1 heterocycles. The molecule has 1 aromatic heterocycles. The first-order chi connectivity index (χ1) is 13.0. The van der Waals surface area contributed by atoms with E-state index in [0.717, 1.165) is 5.56 Å².